The van der Waals surface area contributed by atoms with Crippen LogP contribution in [0.25, 0.3) is 0 Å². The van der Waals surface area contributed by atoms with Gasteiger partial charge in [0.25, 0.3) is 0 Å². The van der Waals surface area contributed by atoms with E-state index in [1.807, 2.05) is 7.05 Å². The van der Waals surface area contributed by atoms with Crippen molar-refractivity contribution in [3.05, 3.63) is 35.4 Å². The standard InChI is InChI=1S/C17H27N3.HI/c1-14-8-11-20(12-9-14)17(18-3)19-10-7-16-6-4-5-15(2)13-16;/h4-6,13-14H,7-12H2,1-3H3,(H,18,19);1H. The van der Waals surface area contributed by atoms with Crippen LogP contribution < -0.4 is 5.32 Å². The van der Waals surface area contributed by atoms with Crippen molar-refractivity contribution in [2.45, 2.75) is 33.1 Å². The minimum absolute atomic E-state index is 0. The van der Waals surface area contributed by atoms with E-state index in [-0.39, 0.29) is 24.0 Å². The maximum Gasteiger partial charge on any atom is 0.193 e. The fraction of sp³-hybridized carbons (Fsp3) is 0.588. The lowest BCUT2D eigenvalue weighted by Gasteiger charge is -2.32. The highest BCUT2D eigenvalue weighted by Gasteiger charge is 2.18. The number of aryl methyl sites for hydroxylation is 1. The molecule has 21 heavy (non-hydrogen) atoms. The first-order valence-corrected chi connectivity index (χ1v) is 7.70. The Morgan fingerprint density at radius 1 is 1.33 bits per heavy atom. The number of piperidine rings is 1. The highest BCUT2D eigenvalue weighted by atomic mass is 127. The first-order chi connectivity index (χ1) is 9.69. The quantitative estimate of drug-likeness (QED) is 0.477. The van der Waals surface area contributed by atoms with Gasteiger partial charge in [0.2, 0.25) is 0 Å². The fourth-order valence-corrected chi connectivity index (χ4v) is 2.74. The third-order valence-corrected chi connectivity index (χ3v) is 4.07. The average molecular weight is 401 g/mol. The van der Waals surface area contributed by atoms with Crippen molar-refractivity contribution in [2.75, 3.05) is 26.7 Å². The number of halogens is 1. The van der Waals surface area contributed by atoms with Crippen LogP contribution in [0.5, 0.6) is 0 Å². The lowest BCUT2D eigenvalue weighted by molar-refractivity contribution is 0.273. The fourth-order valence-electron chi connectivity index (χ4n) is 2.74. The van der Waals surface area contributed by atoms with Gasteiger partial charge in [0.05, 0.1) is 0 Å². The summed E-state index contributed by atoms with van der Waals surface area (Å²) < 4.78 is 0. The van der Waals surface area contributed by atoms with Crippen LogP contribution in [-0.4, -0.2) is 37.5 Å². The molecular weight excluding hydrogens is 373 g/mol. The van der Waals surface area contributed by atoms with Crippen molar-refractivity contribution in [2.24, 2.45) is 10.9 Å². The van der Waals surface area contributed by atoms with Crippen LogP contribution in [0.4, 0.5) is 0 Å². The Morgan fingerprint density at radius 2 is 2.05 bits per heavy atom. The molecule has 3 nitrogen and oxygen atoms in total. The van der Waals surface area contributed by atoms with Crippen molar-refractivity contribution in [3.63, 3.8) is 0 Å². The van der Waals surface area contributed by atoms with E-state index in [0.29, 0.717) is 0 Å². The van der Waals surface area contributed by atoms with E-state index in [2.05, 4.69) is 53.3 Å². The molecule has 0 aromatic heterocycles. The van der Waals surface area contributed by atoms with Gasteiger partial charge in [-0.1, -0.05) is 36.8 Å². The summed E-state index contributed by atoms with van der Waals surface area (Å²) >= 11 is 0. The van der Waals surface area contributed by atoms with Crippen molar-refractivity contribution >= 4 is 29.9 Å². The predicted octanol–water partition coefficient (Wildman–Crippen LogP) is 3.46. The number of rotatable bonds is 3. The molecule has 1 aliphatic rings. The average Bonchev–Trinajstić information content (AvgIpc) is 2.45. The highest BCUT2D eigenvalue weighted by molar-refractivity contribution is 14.0. The van der Waals surface area contributed by atoms with Gasteiger partial charge in [-0.15, -0.1) is 24.0 Å². The van der Waals surface area contributed by atoms with Crippen molar-refractivity contribution < 1.29 is 0 Å². The molecule has 0 radical (unpaired) electrons. The molecule has 0 spiro atoms. The molecule has 0 atom stereocenters. The number of aliphatic imine (C=N–C) groups is 1. The molecule has 4 heteroatoms. The molecule has 0 bridgehead atoms. The number of hydrogen-bond acceptors (Lipinski definition) is 1. The number of guanidine groups is 1. The summed E-state index contributed by atoms with van der Waals surface area (Å²) in [5, 5.41) is 3.50. The SMILES string of the molecule is CN=C(NCCc1cccc(C)c1)N1CCC(C)CC1.I. The lowest BCUT2D eigenvalue weighted by Crippen LogP contribution is -2.45. The minimum atomic E-state index is 0. The molecule has 1 aromatic rings. The molecule has 1 heterocycles. The van der Waals surface area contributed by atoms with Crippen LogP contribution in [0.15, 0.2) is 29.3 Å². The summed E-state index contributed by atoms with van der Waals surface area (Å²) in [6.45, 7) is 7.69. The molecule has 118 valence electrons. The maximum absolute atomic E-state index is 4.42. The van der Waals surface area contributed by atoms with Gasteiger partial charge in [-0.3, -0.25) is 4.99 Å². The van der Waals surface area contributed by atoms with Gasteiger partial charge < -0.3 is 10.2 Å². The van der Waals surface area contributed by atoms with Crippen molar-refractivity contribution in [1.29, 1.82) is 0 Å². The van der Waals surface area contributed by atoms with Crippen molar-refractivity contribution in [1.82, 2.24) is 10.2 Å². The van der Waals surface area contributed by atoms with Gasteiger partial charge in [-0.05, 0) is 37.7 Å². The van der Waals surface area contributed by atoms with Gasteiger partial charge in [-0.2, -0.15) is 0 Å². The summed E-state index contributed by atoms with van der Waals surface area (Å²) in [5.41, 5.74) is 2.72. The van der Waals surface area contributed by atoms with E-state index in [9.17, 15) is 0 Å². The Labute approximate surface area is 146 Å². The number of hydrogen-bond donors (Lipinski definition) is 1. The molecule has 1 aromatic carbocycles. The van der Waals surface area contributed by atoms with Crippen LogP contribution in [0, 0.1) is 12.8 Å². The summed E-state index contributed by atoms with van der Waals surface area (Å²) in [6.07, 6.45) is 3.60. The van der Waals surface area contributed by atoms with Gasteiger partial charge in [0.15, 0.2) is 5.96 Å². The molecule has 0 aliphatic carbocycles. The molecule has 1 fully saturated rings. The van der Waals surface area contributed by atoms with Crippen LogP contribution >= 0.6 is 24.0 Å². The summed E-state index contributed by atoms with van der Waals surface area (Å²) in [7, 11) is 1.88. The second kappa shape index (κ2) is 9.28. The monoisotopic (exact) mass is 401 g/mol. The second-order valence-corrected chi connectivity index (χ2v) is 5.88. The first kappa shape index (κ1) is 18.3. The van der Waals surface area contributed by atoms with E-state index >= 15 is 0 Å². The molecular formula is C17H28IN3. The van der Waals surface area contributed by atoms with Crippen LogP contribution in [0.1, 0.15) is 30.9 Å². The predicted molar refractivity (Wildman–Crippen MR) is 102 cm³/mol. The smallest absolute Gasteiger partial charge is 0.193 e. The molecule has 2 rings (SSSR count). The van der Waals surface area contributed by atoms with E-state index in [1.54, 1.807) is 0 Å². The van der Waals surface area contributed by atoms with Gasteiger partial charge in [0.1, 0.15) is 0 Å². The number of nitrogens with zero attached hydrogens (tertiary/aromatic N) is 2. The maximum atomic E-state index is 4.42. The molecule has 0 amide bonds. The topological polar surface area (TPSA) is 27.6 Å². The zero-order valence-electron chi connectivity index (χ0n) is 13.4. The number of likely N-dealkylation sites (tertiary alicyclic amines) is 1. The number of benzene rings is 1. The molecule has 0 unspecified atom stereocenters. The highest BCUT2D eigenvalue weighted by Crippen LogP contribution is 2.15. The zero-order valence-corrected chi connectivity index (χ0v) is 15.8. The minimum Gasteiger partial charge on any atom is -0.356 e. The third-order valence-electron chi connectivity index (χ3n) is 4.07. The summed E-state index contributed by atoms with van der Waals surface area (Å²) in [5.74, 6) is 1.92. The second-order valence-electron chi connectivity index (χ2n) is 5.88. The lowest BCUT2D eigenvalue weighted by atomic mass is 9.99. The van der Waals surface area contributed by atoms with Crippen molar-refractivity contribution in [3.8, 4) is 0 Å². The Bertz CT molecular complexity index is 451. The van der Waals surface area contributed by atoms with Gasteiger partial charge in [0, 0.05) is 26.7 Å². The Hall–Kier alpha value is -0.780. The Kier molecular flexibility index (Phi) is 8.07. The van der Waals surface area contributed by atoms with Crippen LogP contribution in [0.2, 0.25) is 0 Å². The van der Waals surface area contributed by atoms with E-state index in [4.69, 9.17) is 0 Å². The van der Waals surface area contributed by atoms with Gasteiger partial charge in [-0.25, -0.2) is 0 Å². The Morgan fingerprint density at radius 3 is 2.67 bits per heavy atom. The van der Waals surface area contributed by atoms with Crippen LogP contribution in [0.3, 0.4) is 0 Å². The largest absolute Gasteiger partial charge is 0.356 e. The Balaban J connectivity index is 0.00000220. The normalized spacial score (nSPS) is 16.5. The zero-order chi connectivity index (χ0) is 14.4. The molecule has 1 N–H and O–H groups in total. The van der Waals surface area contributed by atoms with Gasteiger partial charge >= 0.3 is 0 Å². The van der Waals surface area contributed by atoms with E-state index in [0.717, 1.165) is 37.9 Å². The third kappa shape index (κ3) is 5.85. The molecule has 1 saturated heterocycles. The first-order valence-electron chi connectivity index (χ1n) is 7.70. The van der Waals surface area contributed by atoms with E-state index < -0.39 is 0 Å². The van der Waals surface area contributed by atoms with Crippen LogP contribution in [-0.2, 0) is 6.42 Å². The number of nitrogens with one attached hydrogen (secondary N) is 1. The molecule has 1 aliphatic heterocycles. The summed E-state index contributed by atoms with van der Waals surface area (Å²) in [6, 6.07) is 8.73. The molecule has 0 saturated carbocycles. The van der Waals surface area contributed by atoms with E-state index in [1.165, 1.54) is 24.0 Å². The summed E-state index contributed by atoms with van der Waals surface area (Å²) in [4.78, 5) is 6.80.